The Hall–Kier alpha value is -2.79. The second-order valence-corrected chi connectivity index (χ2v) is 7.26. The van der Waals surface area contributed by atoms with Gasteiger partial charge in [-0.25, -0.2) is 4.98 Å². The molecule has 0 saturated heterocycles. The van der Waals surface area contributed by atoms with Crippen LogP contribution < -0.4 is 0 Å². The molecule has 0 atom stereocenters. The van der Waals surface area contributed by atoms with Crippen LogP contribution in [0.15, 0.2) is 38.4 Å². The van der Waals surface area contributed by atoms with Crippen molar-refractivity contribution in [1.82, 2.24) is 15.2 Å². The summed E-state index contributed by atoms with van der Waals surface area (Å²) in [4.78, 5) is 26.0. The first-order valence-electron chi connectivity index (χ1n) is 7.85. The van der Waals surface area contributed by atoms with Gasteiger partial charge in [-0.3, -0.25) is 14.9 Å². The molecule has 0 amide bonds. The molecule has 9 nitrogen and oxygen atoms in total. The molecule has 0 fully saturated rings. The largest absolute Gasteiger partial charge is 0.466 e. The average molecular weight is 406 g/mol. The lowest BCUT2D eigenvalue weighted by atomic mass is 10.2. The van der Waals surface area contributed by atoms with E-state index in [4.69, 9.17) is 9.15 Å². The zero-order chi connectivity index (χ0) is 19.2. The van der Waals surface area contributed by atoms with Gasteiger partial charge in [0.05, 0.1) is 29.4 Å². The average Bonchev–Trinajstić information content (AvgIpc) is 3.29. The van der Waals surface area contributed by atoms with Crippen molar-refractivity contribution in [2.45, 2.75) is 23.4 Å². The van der Waals surface area contributed by atoms with E-state index in [-0.39, 0.29) is 18.1 Å². The zero-order valence-electron chi connectivity index (χ0n) is 14.2. The number of non-ortho nitro benzene ring substituents is 1. The van der Waals surface area contributed by atoms with Crippen LogP contribution in [-0.4, -0.2) is 32.7 Å². The molecule has 27 heavy (non-hydrogen) atoms. The number of carbonyl (C=O) groups is 1. The van der Waals surface area contributed by atoms with E-state index in [1.54, 1.807) is 19.1 Å². The summed E-state index contributed by atoms with van der Waals surface area (Å²) >= 11 is 2.85. The molecule has 3 aromatic rings. The Kier molecular flexibility index (Phi) is 6.14. The molecular weight excluding hydrogens is 392 g/mol. The van der Waals surface area contributed by atoms with Crippen LogP contribution in [0.25, 0.3) is 11.5 Å². The van der Waals surface area contributed by atoms with Crippen LogP contribution in [0.2, 0.25) is 0 Å². The monoisotopic (exact) mass is 406 g/mol. The van der Waals surface area contributed by atoms with Crippen molar-refractivity contribution in [1.29, 1.82) is 0 Å². The number of nitrogens with zero attached hydrogens (tertiary/aromatic N) is 4. The van der Waals surface area contributed by atoms with E-state index in [9.17, 15) is 14.9 Å². The van der Waals surface area contributed by atoms with Crippen molar-refractivity contribution >= 4 is 34.8 Å². The fraction of sp³-hybridized carbons (Fsp3) is 0.250. The van der Waals surface area contributed by atoms with Crippen molar-refractivity contribution in [3.63, 3.8) is 0 Å². The predicted octanol–water partition coefficient (Wildman–Crippen LogP) is 3.50. The van der Waals surface area contributed by atoms with Crippen LogP contribution in [0, 0.1) is 10.1 Å². The number of thiazole rings is 1. The quantitative estimate of drug-likeness (QED) is 0.239. The van der Waals surface area contributed by atoms with Crippen molar-refractivity contribution < 1.29 is 18.9 Å². The maximum absolute atomic E-state index is 11.5. The third-order valence-corrected chi connectivity index (χ3v) is 5.33. The minimum Gasteiger partial charge on any atom is -0.466 e. The molecule has 2 aromatic heterocycles. The van der Waals surface area contributed by atoms with E-state index >= 15 is 0 Å². The van der Waals surface area contributed by atoms with Gasteiger partial charge in [-0.1, -0.05) is 11.8 Å². The Labute approximate surface area is 161 Å². The third-order valence-electron chi connectivity index (χ3n) is 3.27. The fourth-order valence-electron chi connectivity index (χ4n) is 2.07. The number of hydrogen-bond donors (Lipinski definition) is 0. The van der Waals surface area contributed by atoms with Gasteiger partial charge in [-0.05, 0) is 19.1 Å². The molecule has 0 spiro atoms. The molecule has 11 heteroatoms. The second kappa shape index (κ2) is 8.73. The summed E-state index contributed by atoms with van der Waals surface area (Å²) in [5, 5.41) is 20.4. The van der Waals surface area contributed by atoms with Gasteiger partial charge >= 0.3 is 5.97 Å². The molecular formula is C16H14N4O5S2. The van der Waals surface area contributed by atoms with Gasteiger partial charge in [0.1, 0.15) is 0 Å². The van der Waals surface area contributed by atoms with Gasteiger partial charge in [0, 0.05) is 23.1 Å². The van der Waals surface area contributed by atoms with Gasteiger partial charge in [0.2, 0.25) is 11.8 Å². The first-order chi connectivity index (χ1) is 13.0. The van der Waals surface area contributed by atoms with Crippen molar-refractivity contribution in [3.05, 3.63) is 51.3 Å². The molecule has 3 rings (SSSR count). The SMILES string of the molecule is CCOC(=O)Cc1csc(SCc2nnc(-c3ccc([N+](=O)[O-])cc3)o2)n1. The number of esters is 1. The lowest BCUT2D eigenvalue weighted by Gasteiger charge is -1.98. The molecule has 140 valence electrons. The van der Waals surface area contributed by atoms with Gasteiger partial charge in [-0.2, -0.15) is 0 Å². The van der Waals surface area contributed by atoms with Gasteiger partial charge in [-0.15, -0.1) is 21.5 Å². The third kappa shape index (κ3) is 5.11. The molecule has 0 radical (unpaired) electrons. The van der Waals surface area contributed by atoms with E-state index in [0.717, 1.165) is 4.34 Å². The van der Waals surface area contributed by atoms with Crippen LogP contribution in [0.4, 0.5) is 5.69 Å². The highest BCUT2D eigenvalue weighted by Gasteiger charge is 2.13. The number of rotatable bonds is 8. The number of nitro groups is 1. The number of nitro benzene ring substituents is 1. The van der Waals surface area contributed by atoms with Crippen LogP contribution in [0.1, 0.15) is 18.5 Å². The second-order valence-electron chi connectivity index (χ2n) is 5.18. The Morgan fingerprint density at radius 1 is 1.33 bits per heavy atom. The van der Waals surface area contributed by atoms with Crippen molar-refractivity contribution in [3.8, 4) is 11.5 Å². The number of benzene rings is 1. The normalized spacial score (nSPS) is 10.7. The number of carbonyl (C=O) groups excluding carboxylic acids is 1. The van der Waals surface area contributed by atoms with E-state index in [1.165, 1.54) is 35.2 Å². The van der Waals surface area contributed by atoms with Crippen LogP contribution in [-0.2, 0) is 21.7 Å². The maximum atomic E-state index is 11.5. The predicted molar refractivity (Wildman–Crippen MR) is 98.4 cm³/mol. The molecule has 0 aliphatic heterocycles. The molecule has 0 saturated carbocycles. The first-order valence-corrected chi connectivity index (χ1v) is 9.71. The first kappa shape index (κ1) is 19.0. The summed E-state index contributed by atoms with van der Waals surface area (Å²) < 4.78 is 11.3. The Bertz CT molecular complexity index is 938. The molecule has 1 aromatic carbocycles. The van der Waals surface area contributed by atoms with Gasteiger partial charge in [0.15, 0.2) is 4.34 Å². The van der Waals surface area contributed by atoms with E-state index < -0.39 is 4.92 Å². The Morgan fingerprint density at radius 3 is 2.81 bits per heavy atom. The zero-order valence-corrected chi connectivity index (χ0v) is 15.8. The standard InChI is InChI=1S/C16H14N4O5S2/c1-2-24-14(21)7-11-8-26-16(17-11)27-9-13-18-19-15(25-13)10-3-5-12(6-4-10)20(22)23/h3-6,8H,2,7,9H2,1H3. The lowest BCUT2D eigenvalue weighted by Crippen LogP contribution is -2.07. The van der Waals surface area contributed by atoms with E-state index in [2.05, 4.69) is 15.2 Å². The lowest BCUT2D eigenvalue weighted by molar-refractivity contribution is -0.384. The highest BCUT2D eigenvalue weighted by Crippen LogP contribution is 2.28. The smallest absolute Gasteiger partial charge is 0.311 e. The Morgan fingerprint density at radius 2 is 2.11 bits per heavy atom. The van der Waals surface area contributed by atoms with Crippen molar-refractivity contribution in [2.24, 2.45) is 0 Å². The van der Waals surface area contributed by atoms with E-state index in [0.29, 0.717) is 35.4 Å². The van der Waals surface area contributed by atoms with Crippen LogP contribution in [0.5, 0.6) is 0 Å². The summed E-state index contributed by atoms with van der Waals surface area (Å²) in [6.45, 7) is 2.11. The van der Waals surface area contributed by atoms with E-state index in [1.807, 2.05) is 5.38 Å². The van der Waals surface area contributed by atoms with Gasteiger partial charge < -0.3 is 9.15 Å². The maximum Gasteiger partial charge on any atom is 0.311 e. The number of thioether (sulfide) groups is 1. The molecule has 0 aliphatic rings. The summed E-state index contributed by atoms with van der Waals surface area (Å²) in [5.41, 5.74) is 1.27. The molecule has 2 heterocycles. The molecule has 0 aliphatic carbocycles. The molecule has 0 bridgehead atoms. The minimum absolute atomic E-state index is 0.00330. The highest BCUT2D eigenvalue weighted by atomic mass is 32.2. The summed E-state index contributed by atoms with van der Waals surface area (Å²) in [5.74, 6) is 0.828. The molecule has 0 N–H and O–H groups in total. The summed E-state index contributed by atoms with van der Waals surface area (Å²) in [6.07, 6.45) is 0.149. The summed E-state index contributed by atoms with van der Waals surface area (Å²) in [6, 6.07) is 5.89. The number of hydrogen-bond acceptors (Lipinski definition) is 10. The number of ether oxygens (including phenoxy) is 1. The topological polar surface area (TPSA) is 121 Å². The van der Waals surface area contributed by atoms with Crippen LogP contribution in [0.3, 0.4) is 0 Å². The Balaban J connectivity index is 1.57. The fourth-order valence-corrected chi connectivity index (χ4v) is 3.76. The number of aromatic nitrogens is 3. The van der Waals surface area contributed by atoms with Gasteiger partial charge in [0.25, 0.3) is 5.69 Å². The van der Waals surface area contributed by atoms with Crippen LogP contribution >= 0.6 is 23.1 Å². The minimum atomic E-state index is -0.468. The molecule has 0 unspecified atom stereocenters. The summed E-state index contributed by atoms with van der Waals surface area (Å²) in [7, 11) is 0. The van der Waals surface area contributed by atoms with Crippen molar-refractivity contribution in [2.75, 3.05) is 6.61 Å². The highest BCUT2D eigenvalue weighted by molar-refractivity contribution is 8.00.